The van der Waals surface area contributed by atoms with Crippen LogP contribution in [0.15, 0.2) is 182 Å². The van der Waals surface area contributed by atoms with E-state index in [1.807, 2.05) is 0 Å². The third kappa shape index (κ3) is 5.15. The molecule has 8 aromatic carbocycles. The first-order chi connectivity index (χ1) is 26.0. The van der Waals surface area contributed by atoms with Gasteiger partial charge in [0.1, 0.15) is 8.07 Å². The van der Waals surface area contributed by atoms with Gasteiger partial charge in [-0.25, -0.2) is 9.97 Å². The van der Waals surface area contributed by atoms with Crippen molar-refractivity contribution < 1.29 is 0 Å². The lowest BCUT2D eigenvalue weighted by atomic mass is 9.87. The molecule has 1 aromatic heterocycles. The molecule has 2 nitrogen and oxygen atoms in total. The lowest BCUT2D eigenvalue weighted by molar-refractivity contribution is 1.19. The Morgan fingerprint density at radius 2 is 0.849 bits per heavy atom. The molecular formula is C50H36N2Si. The molecule has 1 aliphatic rings. The molecule has 2 heterocycles. The van der Waals surface area contributed by atoms with E-state index in [0.29, 0.717) is 0 Å². The molecule has 0 amide bonds. The first kappa shape index (κ1) is 31.3. The molecule has 0 spiro atoms. The summed E-state index contributed by atoms with van der Waals surface area (Å²) in [5.74, 6) is 0.723. The van der Waals surface area contributed by atoms with E-state index in [1.54, 1.807) is 0 Å². The first-order valence-electron chi connectivity index (χ1n) is 18.3. The van der Waals surface area contributed by atoms with Crippen molar-refractivity contribution in [3.63, 3.8) is 0 Å². The molecule has 250 valence electrons. The van der Waals surface area contributed by atoms with Gasteiger partial charge in [-0.2, -0.15) is 0 Å². The smallest absolute Gasteiger partial charge is 0.161 e. The van der Waals surface area contributed by atoms with E-state index in [0.717, 1.165) is 50.2 Å². The summed E-state index contributed by atoms with van der Waals surface area (Å²) in [7, 11) is -1.77. The van der Waals surface area contributed by atoms with E-state index in [9.17, 15) is 0 Å². The zero-order valence-electron chi connectivity index (χ0n) is 29.7. The predicted octanol–water partition coefficient (Wildman–Crippen LogP) is 11.9. The number of nitrogens with zero attached hydrogens (tertiary/aromatic N) is 2. The second kappa shape index (κ2) is 12.4. The molecule has 0 unspecified atom stereocenters. The quantitative estimate of drug-likeness (QED) is 0.133. The Bertz CT molecular complexity index is 2800. The summed E-state index contributed by atoms with van der Waals surface area (Å²) in [4.78, 5) is 10.8. The molecule has 0 saturated carbocycles. The van der Waals surface area contributed by atoms with Crippen LogP contribution < -0.4 is 10.4 Å². The Kier molecular flexibility index (Phi) is 7.31. The van der Waals surface area contributed by atoms with Gasteiger partial charge in [0.25, 0.3) is 0 Å². The van der Waals surface area contributed by atoms with E-state index < -0.39 is 8.07 Å². The molecule has 0 fully saturated rings. The number of fused-ring (bicyclic) bond motifs is 5. The van der Waals surface area contributed by atoms with Gasteiger partial charge < -0.3 is 0 Å². The SMILES string of the molecule is C[Si]1(C)c2ccccc2-c2cc(-c3c4ccccc4c(-c4nc(-c5ccccc5)cc(-c5cccc(-c6ccccc6)c5)n4)c4ccccc34)ccc21. The Morgan fingerprint density at radius 3 is 1.53 bits per heavy atom. The summed E-state index contributed by atoms with van der Waals surface area (Å²) in [5.41, 5.74) is 12.6. The van der Waals surface area contributed by atoms with Gasteiger partial charge in [0.15, 0.2) is 5.82 Å². The Balaban J connectivity index is 1.23. The maximum Gasteiger partial charge on any atom is 0.161 e. The van der Waals surface area contributed by atoms with Crippen molar-refractivity contribution in [1.82, 2.24) is 9.97 Å². The molecule has 10 rings (SSSR count). The van der Waals surface area contributed by atoms with Crippen LogP contribution in [0, 0.1) is 0 Å². The lowest BCUT2D eigenvalue weighted by Gasteiger charge is -2.20. The highest BCUT2D eigenvalue weighted by atomic mass is 28.3. The predicted molar refractivity (Wildman–Crippen MR) is 226 cm³/mol. The molecule has 1 aliphatic heterocycles. The van der Waals surface area contributed by atoms with Crippen molar-refractivity contribution >= 4 is 40.0 Å². The van der Waals surface area contributed by atoms with E-state index >= 15 is 0 Å². The molecule has 3 heteroatoms. The van der Waals surface area contributed by atoms with E-state index in [-0.39, 0.29) is 0 Å². The number of hydrogen-bond acceptors (Lipinski definition) is 2. The van der Waals surface area contributed by atoms with Crippen molar-refractivity contribution in [3.05, 3.63) is 182 Å². The van der Waals surface area contributed by atoms with E-state index in [2.05, 4.69) is 195 Å². The number of rotatable bonds is 5. The summed E-state index contributed by atoms with van der Waals surface area (Å²) in [6, 6.07) is 65.7. The van der Waals surface area contributed by atoms with Crippen LogP contribution >= 0.6 is 0 Å². The topological polar surface area (TPSA) is 25.8 Å². The fourth-order valence-corrected chi connectivity index (χ4v) is 11.6. The summed E-state index contributed by atoms with van der Waals surface area (Å²) < 4.78 is 0. The molecule has 0 saturated heterocycles. The molecule has 0 atom stereocenters. The van der Waals surface area contributed by atoms with Crippen molar-refractivity contribution in [2.24, 2.45) is 0 Å². The van der Waals surface area contributed by atoms with Crippen LogP contribution in [0.4, 0.5) is 0 Å². The standard InChI is InChI=1S/C50H36N2Si/c1-53(2)46-27-14-13-22-38(46)43-31-37(28-29-47(43)53)48-39-23-9-11-25-41(39)49(42-26-12-10-24-40(42)48)50-51-44(34-18-7-4-8-19-34)32-45(52-50)36-21-15-20-35(30-36)33-16-5-3-6-17-33/h3-32H,1-2H3. The van der Waals surface area contributed by atoms with Crippen LogP contribution in [0.1, 0.15) is 0 Å². The second-order valence-corrected chi connectivity index (χ2v) is 18.9. The molecule has 0 radical (unpaired) electrons. The third-order valence-electron chi connectivity index (χ3n) is 11.1. The van der Waals surface area contributed by atoms with Gasteiger partial charge >= 0.3 is 0 Å². The number of aromatic nitrogens is 2. The van der Waals surface area contributed by atoms with E-state index in [1.165, 1.54) is 49.0 Å². The van der Waals surface area contributed by atoms with Crippen LogP contribution in [-0.4, -0.2) is 18.0 Å². The maximum atomic E-state index is 5.42. The normalized spacial score (nSPS) is 12.9. The molecule has 9 aromatic rings. The minimum atomic E-state index is -1.77. The van der Waals surface area contributed by atoms with Crippen LogP contribution in [0.5, 0.6) is 0 Å². The molecule has 0 N–H and O–H groups in total. The van der Waals surface area contributed by atoms with Crippen LogP contribution in [-0.2, 0) is 0 Å². The fourth-order valence-electron chi connectivity index (χ4n) is 8.51. The van der Waals surface area contributed by atoms with Gasteiger partial charge in [0, 0.05) is 16.7 Å². The Labute approximate surface area is 311 Å². The number of benzene rings is 8. The summed E-state index contributed by atoms with van der Waals surface area (Å²) in [6.07, 6.45) is 0. The molecule has 0 bridgehead atoms. The van der Waals surface area contributed by atoms with Crippen molar-refractivity contribution in [2.45, 2.75) is 13.1 Å². The highest BCUT2D eigenvalue weighted by Gasteiger charge is 2.37. The number of hydrogen-bond donors (Lipinski definition) is 0. The van der Waals surface area contributed by atoms with Crippen molar-refractivity contribution in [2.75, 3.05) is 0 Å². The highest BCUT2D eigenvalue weighted by Crippen LogP contribution is 2.44. The minimum Gasteiger partial charge on any atom is -0.228 e. The Hall–Kier alpha value is -6.42. The summed E-state index contributed by atoms with van der Waals surface area (Å²) in [5, 5.41) is 7.73. The fraction of sp³-hybridized carbons (Fsp3) is 0.0400. The maximum absolute atomic E-state index is 5.42. The van der Waals surface area contributed by atoms with Gasteiger partial charge in [-0.1, -0.05) is 177 Å². The third-order valence-corrected chi connectivity index (χ3v) is 14.7. The molecule has 53 heavy (non-hydrogen) atoms. The molecular weight excluding hydrogens is 657 g/mol. The minimum absolute atomic E-state index is 0.723. The average Bonchev–Trinajstić information content (AvgIpc) is 3.45. The van der Waals surface area contributed by atoms with Gasteiger partial charge in [-0.15, -0.1) is 0 Å². The van der Waals surface area contributed by atoms with Crippen molar-refractivity contribution in [1.29, 1.82) is 0 Å². The summed E-state index contributed by atoms with van der Waals surface area (Å²) >= 11 is 0. The van der Waals surface area contributed by atoms with Crippen molar-refractivity contribution in [3.8, 4) is 67.3 Å². The monoisotopic (exact) mass is 692 g/mol. The summed E-state index contributed by atoms with van der Waals surface area (Å²) in [6.45, 7) is 4.96. The highest BCUT2D eigenvalue weighted by molar-refractivity contribution is 7.03. The average molecular weight is 693 g/mol. The lowest BCUT2D eigenvalue weighted by Crippen LogP contribution is -2.49. The van der Waals surface area contributed by atoms with Gasteiger partial charge in [0.2, 0.25) is 0 Å². The van der Waals surface area contributed by atoms with Gasteiger partial charge in [-0.3, -0.25) is 0 Å². The molecule has 0 aliphatic carbocycles. The Morgan fingerprint density at radius 1 is 0.340 bits per heavy atom. The van der Waals surface area contributed by atoms with Gasteiger partial charge in [0.05, 0.1) is 11.4 Å². The zero-order valence-corrected chi connectivity index (χ0v) is 30.7. The van der Waals surface area contributed by atoms with Gasteiger partial charge in [-0.05, 0) is 83.5 Å². The first-order valence-corrected chi connectivity index (χ1v) is 21.3. The van der Waals surface area contributed by atoms with Crippen LogP contribution in [0.25, 0.3) is 88.8 Å². The largest absolute Gasteiger partial charge is 0.228 e. The second-order valence-electron chi connectivity index (χ2n) is 14.5. The van der Waals surface area contributed by atoms with Crippen LogP contribution in [0.2, 0.25) is 13.1 Å². The van der Waals surface area contributed by atoms with Crippen LogP contribution in [0.3, 0.4) is 0 Å². The zero-order chi connectivity index (χ0) is 35.5. The van der Waals surface area contributed by atoms with E-state index in [4.69, 9.17) is 9.97 Å².